The third-order valence-electron chi connectivity index (χ3n) is 4.16. The van der Waals surface area contributed by atoms with Crippen molar-refractivity contribution >= 4 is 5.91 Å². The molecule has 20 heavy (non-hydrogen) atoms. The Morgan fingerprint density at radius 1 is 1.40 bits per heavy atom. The molecule has 0 spiro atoms. The average Bonchev–Trinajstić information content (AvgIpc) is 2.84. The Labute approximate surface area is 120 Å². The molecule has 3 N–H and O–H groups in total. The lowest BCUT2D eigenvalue weighted by Gasteiger charge is -2.18. The quantitative estimate of drug-likeness (QED) is 0.868. The summed E-state index contributed by atoms with van der Waals surface area (Å²) in [6.07, 6.45) is 3.81. The standard InChI is InChI=1S/C16H24N2O2/c1-11(12-6-8-14(20-2)9-7-12)18-16(19)10-13-4-3-5-15(13)17/h6-9,11,13,15H,3-5,10,17H2,1-2H3,(H,18,19)/t11?,13-,15+/m0/s1. The molecule has 1 amide bonds. The molecule has 1 aliphatic rings. The molecule has 1 saturated carbocycles. The minimum Gasteiger partial charge on any atom is -0.497 e. The smallest absolute Gasteiger partial charge is 0.220 e. The van der Waals surface area contributed by atoms with Crippen LogP contribution < -0.4 is 15.8 Å². The molecule has 0 aliphatic heterocycles. The number of methoxy groups -OCH3 is 1. The second-order valence-electron chi connectivity index (χ2n) is 5.62. The fourth-order valence-electron chi connectivity index (χ4n) is 2.83. The maximum atomic E-state index is 12.1. The molecule has 0 radical (unpaired) electrons. The Morgan fingerprint density at radius 3 is 2.65 bits per heavy atom. The first kappa shape index (κ1) is 14.9. The van der Waals surface area contributed by atoms with E-state index in [0.29, 0.717) is 12.3 Å². The summed E-state index contributed by atoms with van der Waals surface area (Å²) in [5, 5.41) is 3.05. The van der Waals surface area contributed by atoms with Crippen molar-refractivity contribution in [3.63, 3.8) is 0 Å². The monoisotopic (exact) mass is 276 g/mol. The number of carbonyl (C=O) groups excluding carboxylic acids is 1. The lowest BCUT2D eigenvalue weighted by atomic mass is 9.99. The number of ether oxygens (including phenoxy) is 1. The van der Waals surface area contributed by atoms with E-state index in [9.17, 15) is 4.79 Å². The lowest BCUT2D eigenvalue weighted by Crippen LogP contribution is -2.32. The highest BCUT2D eigenvalue weighted by molar-refractivity contribution is 5.76. The number of benzene rings is 1. The van der Waals surface area contributed by atoms with E-state index in [2.05, 4.69) is 5.32 Å². The largest absolute Gasteiger partial charge is 0.497 e. The van der Waals surface area contributed by atoms with Crippen molar-refractivity contribution in [3.05, 3.63) is 29.8 Å². The van der Waals surface area contributed by atoms with Crippen LogP contribution in [0.1, 0.15) is 44.2 Å². The summed E-state index contributed by atoms with van der Waals surface area (Å²) in [6.45, 7) is 1.99. The van der Waals surface area contributed by atoms with Crippen molar-refractivity contribution in [2.24, 2.45) is 11.7 Å². The van der Waals surface area contributed by atoms with Gasteiger partial charge in [-0.25, -0.2) is 0 Å². The average molecular weight is 276 g/mol. The maximum Gasteiger partial charge on any atom is 0.220 e. The van der Waals surface area contributed by atoms with Crippen LogP contribution in [0.2, 0.25) is 0 Å². The van der Waals surface area contributed by atoms with Crippen LogP contribution in [-0.4, -0.2) is 19.1 Å². The molecule has 0 aromatic heterocycles. The van der Waals surface area contributed by atoms with Crippen molar-refractivity contribution in [2.75, 3.05) is 7.11 Å². The van der Waals surface area contributed by atoms with Gasteiger partial charge in [0.15, 0.2) is 0 Å². The van der Waals surface area contributed by atoms with Gasteiger partial charge in [0, 0.05) is 12.5 Å². The summed E-state index contributed by atoms with van der Waals surface area (Å²) in [7, 11) is 1.64. The van der Waals surface area contributed by atoms with Crippen LogP contribution in [0, 0.1) is 5.92 Å². The maximum absolute atomic E-state index is 12.1. The van der Waals surface area contributed by atoms with Crippen molar-refractivity contribution < 1.29 is 9.53 Å². The van der Waals surface area contributed by atoms with E-state index in [4.69, 9.17) is 10.5 Å². The van der Waals surface area contributed by atoms with Crippen LogP contribution >= 0.6 is 0 Å². The highest BCUT2D eigenvalue weighted by Gasteiger charge is 2.26. The first-order valence-electron chi connectivity index (χ1n) is 7.29. The Kier molecular flexibility index (Phi) is 5.01. The van der Waals surface area contributed by atoms with Gasteiger partial charge < -0.3 is 15.8 Å². The Balaban J connectivity index is 1.86. The van der Waals surface area contributed by atoms with Gasteiger partial charge >= 0.3 is 0 Å². The molecule has 1 aromatic carbocycles. The minimum atomic E-state index is 0.00559. The molecule has 1 aliphatic carbocycles. The highest BCUT2D eigenvalue weighted by atomic mass is 16.5. The van der Waals surface area contributed by atoms with Gasteiger partial charge in [0.25, 0.3) is 0 Å². The number of hydrogen-bond acceptors (Lipinski definition) is 3. The highest BCUT2D eigenvalue weighted by Crippen LogP contribution is 2.27. The zero-order valence-electron chi connectivity index (χ0n) is 12.3. The molecule has 0 heterocycles. The van der Waals surface area contributed by atoms with Crippen molar-refractivity contribution in [1.82, 2.24) is 5.32 Å². The van der Waals surface area contributed by atoms with E-state index in [-0.39, 0.29) is 18.0 Å². The summed E-state index contributed by atoms with van der Waals surface area (Å²) < 4.78 is 5.13. The minimum absolute atomic E-state index is 0.00559. The number of nitrogens with one attached hydrogen (secondary N) is 1. The number of nitrogens with two attached hydrogens (primary N) is 1. The van der Waals surface area contributed by atoms with Crippen LogP contribution in [-0.2, 0) is 4.79 Å². The molecular formula is C16H24N2O2. The van der Waals surface area contributed by atoms with Gasteiger partial charge in [0.05, 0.1) is 13.2 Å². The van der Waals surface area contributed by atoms with E-state index in [0.717, 1.165) is 30.6 Å². The van der Waals surface area contributed by atoms with Crippen molar-refractivity contribution in [2.45, 2.75) is 44.7 Å². The third-order valence-corrected chi connectivity index (χ3v) is 4.16. The van der Waals surface area contributed by atoms with E-state index in [1.807, 2.05) is 31.2 Å². The van der Waals surface area contributed by atoms with Crippen LogP contribution in [0.5, 0.6) is 5.75 Å². The van der Waals surface area contributed by atoms with Crippen LogP contribution in [0.15, 0.2) is 24.3 Å². The zero-order valence-corrected chi connectivity index (χ0v) is 12.3. The van der Waals surface area contributed by atoms with Crippen LogP contribution in [0.3, 0.4) is 0 Å². The van der Waals surface area contributed by atoms with Gasteiger partial charge in [-0.3, -0.25) is 4.79 Å². The molecule has 0 saturated heterocycles. The number of hydrogen-bond donors (Lipinski definition) is 2. The molecule has 1 unspecified atom stereocenters. The molecule has 110 valence electrons. The molecule has 3 atom stereocenters. The first-order valence-corrected chi connectivity index (χ1v) is 7.29. The molecule has 2 rings (SSSR count). The summed E-state index contributed by atoms with van der Waals surface area (Å²) in [6, 6.07) is 7.97. The third kappa shape index (κ3) is 3.73. The summed E-state index contributed by atoms with van der Waals surface area (Å²) in [5.74, 6) is 1.26. The predicted octanol–water partition coefficient (Wildman–Crippen LogP) is 2.39. The van der Waals surface area contributed by atoms with Crippen molar-refractivity contribution in [1.29, 1.82) is 0 Å². The number of rotatable bonds is 5. The zero-order chi connectivity index (χ0) is 14.5. The number of amides is 1. The van der Waals surface area contributed by atoms with Crippen LogP contribution in [0.4, 0.5) is 0 Å². The Hall–Kier alpha value is -1.55. The van der Waals surface area contributed by atoms with Gasteiger partial charge in [-0.1, -0.05) is 18.6 Å². The summed E-state index contributed by atoms with van der Waals surface area (Å²) >= 11 is 0. The summed E-state index contributed by atoms with van der Waals surface area (Å²) in [4.78, 5) is 12.1. The second kappa shape index (κ2) is 6.75. The molecular weight excluding hydrogens is 252 g/mol. The second-order valence-corrected chi connectivity index (χ2v) is 5.62. The van der Waals surface area contributed by atoms with Gasteiger partial charge in [-0.2, -0.15) is 0 Å². The van der Waals surface area contributed by atoms with E-state index < -0.39 is 0 Å². The van der Waals surface area contributed by atoms with Crippen molar-refractivity contribution in [3.8, 4) is 5.75 Å². The lowest BCUT2D eigenvalue weighted by molar-refractivity contribution is -0.122. The van der Waals surface area contributed by atoms with E-state index in [1.165, 1.54) is 0 Å². The molecule has 1 fully saturated rings. The van der Waals surface area contributed by atoms with E-state index in [1.54, 1.807) is 7.11 Å². The number of carbonyl (C=O) groups is 1. The molecule has 0 bridgehead atoms. The van der Waals surface area contributed by atoms with E-state index >= 15 is 0 Å². The first-order chi connectivity index (χ1) is 9.60. The Morgan fingerprint density at radius 2 is 2.10 bits per heavy atom. The molecule has 4 nitrogen and oxygen atoms in total. The summed E-state index contributed by atoms with van der Waals surface area (Å²) in [5.41, 5.74) is 7.09. The Bertz CT molecular complexity index is 444. The van der Waals surface area contributed by atoms with Gasteiger partial charge in [-0.15, -0.1) is 0 Å². The predicted molar refractivity (Wildman–Crippen MR) is 79.5 cm³/mol. The molecule has 1 aromatic rings. The van der Waals surface area contributed by atoms with Gasteiger partial charge in [0.2, 0.25) is 5.91 Å². The fraction of sp³-hybridized carbons (Fsp3) is 0.562. The normalized spacial score (nSPS) is 23.4. The van der Waals surface area contributed by atoms with Gasteiger partial charge in [-0.05, 0) is 43.4 Å². The van der Waals surface area contributed by atoms with Gasteiger partial charge in [0.1, 0.15) is 5.75 Å². The SMILES string of the molecule is COc1ccc(C(C)NC(=O)C[C@@H]2CCC[C@H]2N)cc1. The van der Waals surface area contributed by atoms with Crippen LogP contribution in [0.25, 0.3) is 0 Å². The fourth-order valence-corrected chi connectivity index (χ4v) is 2.83. The topological polar surface area (TPSA) is 64.3 Å². The molecule has 4 heteroatoms.